The topological polar surface area (TPSA) is 37.4 Å². The van der Waals surface area contributed by atoms with E-state index in [0.717, 1.165) is 57.2 Å². The Hall–Kier alpha value is -0.970. The molecule has 1 aliphatic heterocycles. The number of aromatic nitrogens is 1. The van der Waals surface area contributed by atoms with Crippen LogP contribution in [0.3, 0.4) is 0 Å². The lowest BCUT2D eigenvalue weighted by molar-refractivity contribution is -0.0132. The molecule has 0 aliphatic carbocycles. The van der Waals surface area contributed by atoms with E-state index in [-0.39, 0.29) is 0 Å². The number of nitrogens with zero attached hydrogens (tertiary/aromatic N) is 2. The van der Waals surface area contributed by atoms with E-state index in [1.54, 1.807) is 0 Å². The van der Waals surface area contributed by atoms with Crippen molar-refractivity contribution < 1.29 is 4.74 Å². The summed E-state index contributed by atoms with van der Waals surface area (Å²) in [6.07, 6.45) is 1.14. The van der Waals surface area contributed by atoms with E-state index in [9.17, 15) is 0 Å². The van der Waals surface area contributed by atoms with Crippen molar-refractivity contribution in [2.75, 3.05) is 26.3 Å². The van der Waals surface area contributed by atoms with Gasteiger partial charge in [0.25, 0.3) is 0 Å². The molecule has 0 bridgehead atoms. The van der Waals surface area contributed by atoms with E-state index in [4.69, 9.17) is 9.72 Å². The number of rotatable bonds is 6. The van der Waals surface area contributed by atoms with E-state index in [1.165, 1.54) is 0 Å². The maximum Gasteiger partial charge on any atom is 0.0622 e. The molecule has 1 aliphatic rings. The van der Waals surface area contributed by atoms with Crippen LogP contribution in [-0.4, -0.2) is 42.2 Å². The third-order valence-electron chi connectivity index (χ3n) is 3.61. The van der Waals surface area contributed by atoms with Crippen molar-refractivity contribution in [3.05, 3.63) is 29.6 Å². The first-order valence-corrected chi connectivity index (χ1v) is 7.30. The fourth-order valence-corrected chi connectivity index (χ4v) is 2.45. The zero-order valence-corrected chi connectivity index (χ0v) is 12.1. The summed E-state index contributed by atoms with van der Waals surface area (Å²) in [6, 6.07) is 6.85. The smallest absolute Gasteiger partial charge is 0.0622 e. The molecule has 4 nitrogen and oxygen atoms in total. The van der Waals surface area contributed by atoms with Crippen LogP contribution in [0.4, 0.5) is 0 Å². The molecule has 2 heterocycles. The highest BCUT2D eigenvalue weighted by atomic mass is 16.5. The Bertz CT molecular complexity index is 383. The first-order valence-electron chi connectivity index (χ1n) is 7.30. The van der Waals surface area contributed by atoms with Gasteiger partial charge in [-0.2, -0.15) is 0 Å². The molecule has 0 amide bonds. The lowest BCUT2D eigenvalue weighted by atomic mass is 10.1. The van der Waals surface area contributed by atoms with Gasteiger partial charge in [-0.15, -0.1) is 0 Å². The molecule has 1 atom stereocenters. The van der Waals surface area contributed by atoms with E-state index in [1.807, 2.05) is 0 Å². The number of ether oxygens (including phenoxy) is 1. The molecule has 1 aromatic rings. The molecule has 0 radical (unpaired) electrons. The molecule has 0 saturated carbocycles. The Morgan fingerprint density at radius 1 is 1.37 bits per heavy atom. The van der Waals surface area contributed by atoms with E-state index >= 15 is 0 Å². The number of hydrogen-bond acceptors (Lipinski definition) is 4. The highest BCUT2D eigenvalue weighted by molar-refractivity contribution is 5.11. The van der Waals surface area contributed by atoms with Crippen molar-refractivity contribution in [2.45, 2.75) is 39.4 Å². The van der Waals surface area contributed by atoms with Crippen LogP contribution in [0.15, 0.2) is 18.2 Å². The van der Waals surface area contributed by atoms with Gasteiger partial charge in [-0.05, 0) is 25.1 Å². The molecule has 1 N–H and O–H groups in total. The van der Waals surface area contributed by atoms with E-state index in [2.05, 4.69) is 42.3 Å². The molecule has 1 saturated heterocycles. The molecular weight excluding hydrogens is 238 g/mol. The van der Waals surface area contributed by atoms with Crippen molar-refractivity contribution in [2.24, 2.45) is 0 Å². The molecule has 1 fully saturated rings. The standard InChI is InChI=1S/C15H25N3O/c1-3-15-12-19-9-8-18(15)11-14-7-5-6-13(17-14)10-16-4-2/h5-7,15-16H,3-4,8-12H2,1-2H3. The van der Waals surface area contributed by atoms with Crippen LogP contribution in [-0.2, 0) is 17.8 Å². The largest absolute Gasteiger partial charge is 0.378 e. The second-order valence-electron chi connectivity index (χ2n) is 5.01. The minimum atomic E-state index is 0.535. The number of morpholine rings is 1. The molecule has 0 aromatic carbocycles. The minimum absolute atomic E-state index is 0.535. The van der Waals surface area contributed by atoms with Crippen molar-refractivity contribution in [3.63, 3.8) is 0 Å². The van der Waals surface area contributed by atoms with E-state index in [0.29, 0.717) is 6.04 Å². The summed E-state index contributed by atoms with van der Waals surface area (Å²) in [6.45, 7) is 9.81. The van der Waals surface area contributed by atoms with Crippen molar-refractivity contribution >= 4 is 0 Å². The van der Waals surface area contributed by atoms with Gasteiger partial charge in [-0.25, -0.2) is 0 Å². The molecule has 2 rings (SSSR count). The molecule has 19 heavy (non-hydrogen) atoms. The zero-order chi connectivity index (χ0) is 13.5. The van der Waals surface area contributed by atoms with Gasteiger partial charge in [0.1, 0.15) is 0 Å². The molecule has 106 valence electrons. The summed E-state index contributed by atoms with van der Waals surface area (Å²) in [5.74, 6) is 0. The van der Waals surface area contributed by atoms with Gasteiger partial charge >= 0.3 is 0 Å². The molecular formula is C15H25N3O. The summed E-state index contributed by atoms with van der Waals surface area (Å²) < 4.78 is 5.55. The van der Waals surface area contributed by atoms with Crippen LogP contribution >= 0.6 is 0 Å². The van der Waals surface area contributed by atoms with Crippen LogP contribution < -0.4 is 5.32 Å². The van der Waals surface area contributed by atoms with Crippen LogP contribution in [0.1, 0.15) is 31.7 Å². The first-order chi connectivity index (χ1) is 9.33. The maximum atomic E-state index is 5.55. The van der Waals surface area contributed by atoms with Crippen molar-refractivity contribution in [1.29, 1.82) is 0 Å². The fraction of sp³-hybridized carbons (Fsp3) is 0.667. The number of pyridine rings is 1. The van der Waals surface area contributed by atoms with Crippen LogP contribution in [0, 0.1) is 0 Å². The highest BCUT2D eigenvalue weighted by Gasteiger charge is 2.21. The quantitative estimate of drug-likeness (QED) is 0.849. The van der Waals surface area contributed by atoms with Crippen LogP contribution in [0.25, 0.3) is 0 Å². The second-order valence-corrected chi connectivity index (χ2v) is 5.01. The average molecular weight is 263 g/mol. The summed E-state index contributed by atoms with van der Waals surface area (Å²) in [5, 5.41) is 3.32. The molecule has 1 unspecified atom stereocenters. The number of hydrogen-bond donors (Lipinski definition) is 1. The second kappa shape index (κ2) is 7.58. The zero-order valence-electron chi connectivity index (χ0n) is 12.1. The van der Waals surface area contributed by atoms with Crippen LogP contribution in [0.5, 0.6) is 0 Å². The van der Waals surface area contributed by atoms with Gasteiger partial charge in [0.15, 0.2) is 0 Å². The summed E-state index contributed by atoms with van der Waals surface area (Å²) >= 11 is 0. The predicted molar refractivity (Wildman–Crippen MR) is 76.9 cm³/mol. The third-order valence-corrected chi connectivity index (χ3v) is 3.61. The Labute approximate surface area is 116 Å². The van der Waals surface area contributed by atoms with Gasteiger partial charge in [-0.1, -0.05) is 19.9 Å². The summed E-state index contributed by atoms with van der Waals surface area (Å²) in [5.41, 5.74) is 2.29. The Morgan fingerprint density at radius 3 is 3.00 bits per heavy atom. The Balaban J connectivity index is 1.97. The first kappa shape index (κ1) is 14.4. The van der Waals surface area contributed by atoms with Gasteiger partial charge in [-0.3, -0.25) is 9.88 Å². The van der Waals surface area contributed by atoms with Crippen molar-refractivity contribution in [3.8, 4) is 0 Å². The lowest BCUT2D eigenvalue weighted by Crippen LogP contribution is -2.44. The van der Waals surface area contributed by atoms with Gasteiger partial charge < -0.3 is 10.1 Å². The molecule has 1 aromatic heterocycles. The fourth-order valence-electron chi connectivity index (χ4n) is 2.45. The highest BCUT2D eigenvalue weighted by Crippen LogP contribution is 2.13. The van der Waals surface area contributed by atoms with Gasteiger partial charge in [0.05, 0.1) is 24.6 Å². The van der Waals surface area contributed by atoms with Gasteiger partial charge in [0, 0.05) is 25.7 Å². The predicted octanol–water partition coefficient (Wildman–Crippen LogP) is 1.80. The molecule has 4 heteroatoms. The number of nitrogens with one attached hydrogen (secondary N) is 1. The molecule has 0 spiro atoms. The van der Waals surface area contributed by atoms with Crippen molar-refractivity contribution in [1.82, 2.24) is 15.2 Å². The average Bonchev–Trinajstić information content (AvgIpc) is 2.46. The summed E-state index contributed by atoms with van der Waals surface area (Å²) in [4.78, 5) is 7.22. The van der Waals surface area contributed by atoms with E-state index < -0.39 is 0 Å². The summed E-state index contributed by atoms with van der Waals surface area (Å²) in [7, 11) is 0. The monoisotopic (exact) mass is 263 g/mol. The lowest BCUT2D eigenvalue weighted by Gasteiger charge is -2.34. The normalized spacial score (nSPS) is 20.6. The minimum Gasteiger partial charge on any atom is -0.378 e. The third kappa shape index (κ3) is 4.27. The Morgan fingerprint density at radius 2 is 2.21 bits per heavy atom. The Kier molecular flexibility index (Phi) is 5.76. The van der Waals surface area contributed by atoms with Crippen LogP contribution in [0.2, 0.25) is 0 Å². The van der Waals surface area contributed by atoms with Gasteiger partial charge in [0.2, 0.25) is 0 Å². The maximum absolute atomic E-state index is 5.55. The SMILES string of the molecule is CCNCc1cccc(CN2CCOCC2CC)n1.